The van der Waals surface area contributed by atoms with Crippen LogP contribution in [0.1, 0.15) is 51.7 Å². The van der Waals surface area contributed by atoms with Gasteiger partial charge in [-0.25, -0.2) is 4.79 Å². The van der Waals surface area contributed by atoms with Crippen LogP contribution in [-0.2, 0) is 14.3 Å². The van der Waals surface area contributed by atoms with Crippen molar-refractivity contribution in [1.82, 2.24) is 5.32 Å². The summed E-state index contributed by atoms with van der Waals surface area (Å²) in [4.78, 5) is 24.2. The first kappa shape index (κ1) is 24.9. The highest BCUT2D eigenvalue weighted by Crippen LogP contribution is 2.44. The van der Waals surface area contributed by atoms with Crippen LogP contribution in [-0.4, -0.2) is 36.0 Å². The highest BCUT2D eigenvalue weighted by atomic mass is 32.1. The van der Waals surface area contributed by atoms with Crippen LogP contribution in [0.4, 0.5) is 9.18 Å². The molecule has 5 nitrogen and oxygen atoms in total. The fourth-order valence-corrected chi connectivity index (χ4v) is 3.81. The molecule has 2 atom stereocenters. The van der Waals surface area contributed by atoms with Crippen LogP contribution in [0, 0.1) is 0 Å². The zero-order valence-corrected chi connectivity index (χ0v) is 19.5. The number of hydrogen-bond acceptors (Lipinski definition) is 4. The summed E-state index contributed by atoms with van der Waals surface area (Å²) in [5.74, 6) is -0.126. The molecule has 0 radical (unpaired) electrons. The lowest BCUT2D eigenvalue weighted by Crippen LogP contribution is -2.60. The molecule has 0 saturated carbocycles. The van der Waals surface area contributed by atoms with Crippen molar-refractivity contribution in [3.8, 4) is 11.1 Å². The minimum Gasteiger partial charge on any atom is -0.449 e. The van der Waals surface area contributed by atoms with E-state index in [9.17, 15) is 14.0 Å². The first-order valence-corrected chi connectivity index (χ1v) is 10.0. The summed E-state index contributed by atoms with van der Waals surface area (Å²) in [7, 11) is 0. The van der Waals surface area contributed by atoms with Crippen LogP contribution >= 0.6 is 13.5 Å². The molecule has 0 spiro atoms. The number of halogens is 1. The molecule has 1 aliphatic carbocycles. The SMILES string of the molecule is C[C@H](OC(C)(C)C)[C@](C)(NC(=O)OCC1c2ccccc2-c2ccccc21)C(=O)F.S. The highest BCUT2D eigenvalue weighted by molar-refractivity contribution is 7.59. The Balaban J connectivity index is 0.00000341. The first-order valence-electron chi connectivity index (χ1n) is 10.0. The number of ether oxygens (including phenoxy) is 2. The maximum atomic E-state index is 13.9. The second kappa shape index (κ2) is 9.40. The maximum absolute atomic E-state index is 13.9. The number of nitrogens with one attached hydrogen (secondary N) is 1. The molecule has 0 aliphatic heterocycles. The van der Waals surface area contributed by atoms with E-state index in [0.717, 1.165) is 22.3 Å². The van der Waals surface area contributed by atoms with Crippen molar-refractivity contribution in [2.75, 3.05) is 6.61 Å². The van der Waals surface area contributed by atoms with Gasteiger partial charge in [0.15, 0.2) is 5.54 Å². The van der Waals surface area contributed by atoms with Gasteiger partial charge in [0.1, 0.15) is 6.61 Å². The van der Waals surface area contributed by atoms with Crippen LogP contribution < -0.4 is 5.32 Å². The third-order valence-corrected chi connectivity index (χ3v) is 5.46. The van der Waals surface area contributed by atoms with E-state index in [2.05, 4.69) is 5.32 Å². The summed E-state index contributed by atoms with van der Waals surface area (Å²) in [6.07, 6.45) is -1.76. The lowest BCUT2D eigenvalue weighted by Gasteiger charge is -2.35. The van der Waals surface area contributed by atoms with E-state index in [1.807, 2.05) is 48.5 Å². The number of rotatable bonds is 6. The molecule has 0 bridgehead atoms. The quantitative estimate of drug-likeness (QED) is 0.626. The summed E-state index contributed by atoms with van der Waals surface area (Å²) in [6.45, 7) is 8.30. The molecular weight excluding hydrogens is 417 g/mol. The van der Waals surface area contributed by atoms with Gasteiger partial charge in [0.2, 0.25) is 0 Å². The van der Waals surface area contributed by atoms with Crippen molar-refractivity contribution in [2.24, 2.45) is 0 Å². The molecule has 31 heavy (non-hydrogen) atoms. The Morgan fingerprint density at radius 1 is 1.00 bits per heavy atom. The van der Waals surface area contributed by atoms with Crippen molar-refractivity contribution in [2.45, 2.75) is 57.8 Å². The van der Waals surface area contributed by atoms with Crippen LogP contribution in [0.5, 0.6) is 0 Å². The van der Waals surface area contributed by atoms with Crippen LogP contribution in [0.2, 0.25) is 0 Å². The second-order valence-electron chi connectivity index (χ2n) is 8.80. The predicted molar refractivity (Wildman–Crippen MR) is 123 cm³/mol. The molecule has 1 aliphatic rings. The molecule has 0 saturated heterocycles. The normalized spacial score (nSPS) is 15.7. The van der Waals surface area contributed by atoms with Crippen LogP contribution in [0.25, 0.3) is 11.1 Å². The van der Waals surface area contributed by atoms with E-state index in [4.69, 9.17) is 9.47 Å². The van der Waals surface area contributed by atoms with Gasteiger partial charge < -0.3 is 14.8 Å². The van der Waals surface area contributed by atoms with Crippen molar-refractivity contribution in [3.63, 3.8) is 0 Å². The summed E-state index contributed by atoms with van der Waals surface area (Å²) >= 11 is 0. The zero-order chi connectivity index (χ0) is 22.1. The number of carbonyl (C=O) groups is 2. The molecule has 3 rings (SSSR count). The molecule has 2 aromatic carbocycles. The topological polar surface area (TPSA) is 64.6 Å². The number of amides is 1. The van der Waals surface area contributed by atoms with Gasteiger partial charge in [-0.2, -0.15) is 17.9 Å². The highest BCUT2D eigenvalue weighted by Gasteiger charge is 2.44. The number of carbonyl (C=O) groups excluding carboxylic acids is 2. The van der Waals surface area contributed by atoms with E-state index < -0.39 is 29.4 Å². The molecule has 1 amide bonds. The van der Waals surface area contributed by atoms with Gasteiger partial charge in [-0.1, -0.05) is 48.5 Å². The second-order valence-corrected chi connectivity index (χ2v) is 8.80. The summed E-state index contributed by atoms with van der Waals surface area (Å²) in [5.41, 5.74) is 1.89. The van der Waals surface area contributed by atoms with Crippen LogP contribution in [0.15, 0.2) is 48.5 Å². The van der Waals surface area contributed by atoms with Gasteiger partial charge in [0, 0.05) is 5.92 Å². The summed E-state index contributed by atoms with van der Waals surface area (Å²) < 4.78 is 25.0. The molecule has 168 valence electrons. The van der Waals surface area contributed by atoms with E-state index in [-0.39, 0.29) is 26.0 Å². The first-order chi connectivity index (χ1) is 14.0. The lowest BCUT2D eigenvalue weighted by atomic mass is 9.96. The smallest absolute Gasteiger partial charge is 0.408 e. The lowest BCUT2D eigenvalue weighted by molar-refractivity contribution is -0.148. The maximum Gasteiger partial charge on any atom is 0.408 e. The average Bonchev–Trinajstić information content (AvgIpc) is 2.98. The molecule has 1 N–H and O–H groups in total. The van der Waals surface area contributed by atoms with E-state index >= 15 is 0 Å². The minimum atomic E-state index is -1.85. The van der Waals surface area contributed by atoms with Crippen molar-refractivity contribution >= 4 is 25.6 Å². The van der Waals surface area contributed by atoms with Gasteiger partial charge in [-0.3, -0.25) is 4.79 Å². The minimum absolute atomic E-state index is 0. The van der Waals surface area contributed by atoms with Gasteiger partial charge in [-0.05, 0) is 56.9 Å². The Morgan fingerprint density at radius 2 is 1.48 bits per heavy atom. The third kappa shape index (κ3) is 5.28. The van der Waals surface area contributed by atoms with Crippen molar-refractivity contribution < 1.29 is 23.5 Å². The van der Waals surface area contributed by atoms with Gasteiger partial charge in [-0.15, -0.1) is 0 Å². The largest absolute Gasteiger partial charge is 0.449 e. The number of alkyl carbamates (subject to hydrolysis) is 1. The van der Waals surface area contributed by atoms with Crippen LogP contribution in [0.3, 0.4) is 0 Å². The molecule has 2 aromatic rings. The molecule has 0 heterocycles. The fraction of sp³-hybridized carbons (Fsp3) is 0.417. The van der Waals surface area contributed by atoms with Gasteiger partial charge in [0.05, 0.1) is 11.7 Å². The predicted octanol–water partition coefficient (Wildman–Crippen LogP) is 5.10. The number of hydrogen-bond donors (Lipinski definition) is 1. The third-order valence-electron chi connectivity index (χ3n) is 5.46. The number of fused-ring (bicyclic) bond motifs is 3. The molecule has 0 fully saturated rings. The number of benzene rings is 2. The monoisotopic (exact) mass is 447 g/mol. The average molecular weight is 448 g/mol. The van der Waals surface area contributed by atoms with E-state index in [0.29, 0.717) is 0 Å². The summed E-state index contributed by atoms with van der Waals surface area (Å²) in [6, 6.07) is 14.3. The van der Waals surface area contributed by atoms with E-state index in [1.165, 1.54) is 6.92 Å². The molecule has 7 heteroatoms. The molecule has 0 unspecified atom stereocenters. The standard InChI is InChI=1S/C24H28FNO4.H2S/c1-15(30-23(2,3)4)24(5,21(25)27)26-22(28)29-14-20-18-12-8-6-10-16(18)17-11-7-9-13-19(17)20;/h6-13,15,20H,14H2,1-5H3,(H,26,28);1H2/t15-,24-;/m0./s1. The Bertz CT molecular complexity index is 913. The molecular formula is C24H30FNO4S. The fourth-order valence-electron chi connectivity index (χ4n) is 3.81. The Labute approximate surface area is 189 Å². The van der Waals surface area contributed by atoms with Gasteiger partial charge >= 0.3 is 12.1 Å². The Hall–Kier alpha value is -2.38. The van der Waals surface area contributed by atoms with Crippen molar-refractivity contribution in [1.29, 1.82) is 0 Å². The van der Waals surface area contributed by atoms with Gasteiger partial charge in [0.25, 0.3) is 0 Å². The zero-order valence-electron chi connectivity index (χ0n) is 18.5. The van der Waals surface area contributed by atoms with E-state index in [1.54, 1.807) is 27.7 Å². The van der Waals surface area contributed by atoms with Crippen molar-refractivity contribution in [3.05, 3.63) is 59.7 Å². The Kier molecular flexibility index (Phi) is 7.55. The summed E-state index contributed by atoms with van der Waals surface area (Å²) in [5, 5.41) is 2.38. The molecule has 0 aromatic heterocycles. The Morgan fingerprint density at radius 3 is 1.94 bits per heavy atom.